The van der Waals surface area contributed by atoms with E-state index in [0.29, 0.717) is 5.92 Å². The molecule has 1 fully saturated rings. The third kappa shape index (κ3) is 3.05. The van der Waals surface area contributed by atoms with E-state index in [-0.39, 0.29) is 0 Å². The van der Waals surface area contributed by atoms with Crippen molar-refractivity contribution in [2.75, 3.05) is 7.11 Å². The van der Waals surface area contributed by atoms with Crippen molar-refractivity contribution < 1.29 is 9.84 Å². The Morgan fingerprint density at radius 3 is 2.61 bits per heavy atom. The highest BCUT2D eigenvalue weighted by molar-refractivity contribution is 5.27. The smallest absolute Gasteiger partial charge is 0.118 e. The van der Waals surface area contributed by atoms with Crippen LogP contribution in [0.3, 0.4) is 0 Å². The molecule has 100 valence electrons. The first kappa shape index (κ1) is 13.4. The lowest BCUT2D eigenvalue weighted by molar-refractivity contribution is -0.0475. The van der Waals surface area contributed by atoms with Crippen LogP contribution in [0.15, 0.2) is 24.3 Å². The maximum atomic E-state index is 10.7. The van der Waals surface area contributed by atoms with E-state index in [9.17, 15) is 5.11 Å². The average molecular weight is 248 g/mol. The maximum absolute atomic E-state index is 10.7. The van der Waals surface area contributed by atoms with E-state index >= 15 is 0 Å². The third-order valence-electron chi connectivity index (χ3n) is 4.42. The molecule has 1 aromatic carbocycles. The number of hydrogen-bond donors (Lipinski definition) is 1. The highest BCUT2D eigenvalue weighted by atomic mass is 16.5. The zero-order chi connectivity index (χ0) is 13.0. The molecule has 1 aromatic rings. The molecule has 0 amide bonds. The van der Waals surface area contributed by atoms with Crippen molar-refractivity contribution in [1.29, 1.82) is 0 Å². The number of rotatable bonds is 4. The SMILES string of the molecule is COc1ccc(CCC2(O)CCCCC2C)cc1. The summed E-state index contributed by atoms with van der Waals surface area (Å²) >= 11 is 0. The van der Waals surface area contributed by atoms with Crippen molar-refractivity contribution in [2.24, 2.45) is 5.92 Å². The minimum Gasteiger partial charge on any atom is -0.497 e. The minimum absolute atomic E-state index is 0.435. The van der Waals surface area contributed by atoms with Crippen molar-refractivity contribution in [3.8, 4) is 5.75 Å². The second-order valence-electron chi connectivity index (χ2n) is 5.60. The standard InChI is InChI=1S/C16H24O2/c1-13-5-3-4-11-16(13,17)12-10-14-6-8-15(18-2)9-7-14/h6-9,13,17H,3-5,10-12H2,1-2H3. The van der Waals surface area contributed by atoms with Gasteiger partial charge in [-0.25, -0.2) is 0 Å². The van der Waals surface area contributed by atoms with Gasteiger partial charge in [-0.2, -0.15) is 0 Å². The van der Waals surface area contributed by atoms with E-state index in [1.165, 1.54) is 24.8 Å². The van der Waals surface area contributed by atoms with E-state index in [1.54, 1.807) is 7.11 Å². The predicted molar refractivity (Wildman–Crippen MR) is 73.9 cm³/mol. The number of benzene rings is 1. The molecule has 0 saturated heterocycles. The van der Waals surface area contributed by atoms with Crippen LogP contribution in [-0.4, -0.2) is 17.8 Å². The molecule has 2 unspecified atom stereocenters. The van der Waals surface area contributed by atoms with Gasteiger partial charge in [0.25, 0.3) is 0 Å². The first-order valence-electron chi connectivity index (χ1n) is 6.99. The Hall–Kier alpha value is -1.02. The van der Waals surface area contributed by atoms with Crippen molar-refractivity contribution >= 4 is 0 Å². The zero-order valence-electron chi connectivity index (χ0n) is 11.5. The molecule has 2 atom stereocenters. The molecule has 18 heavy (non-hydrogen) atoms. The first-order chi connectivity index (χ1) is 8.64. The fourth-order valence-electron chi connectivity index (χ4n) is 2.92. The number of hydrogen-bond acceptors (Lipinski definition) is 2. The Balaban J connectivity index is 1.93. The summed E-state index contributed by atoms with van der Waals surface area (Å²) in [7, 11) is 1.68. The van der Waals surface area contributed by atoms with Gasteiger partial charge < -0.3 is 9.84 Å². The van der Waals surface area contributed by atoms with Crippen LogP contribution >= 0.6 is 0 Å². The van der Waals surface area contributed by atoms with Gasteiger partial charge in [-0.3, -0.25) is 0 Å². The van der Waals surface area contributed by atoms with E-state index < -0.39 is 5.60 Å². The van der Waals surface area contributed by atoms with Crippen LogP contribution in [0.2, 0.25) is 0 Å². The monoisotopic (exact) mass is 248 g/mol. The van der Waals surface area contributed by atoms with Crippen molar-refractivity contribution in [1.82, 2.24) is 0 Å². The molecule has 1 N–H and O–H groups in total. The molecule has 1 aliphatic rings. The quantitative estimate of drug-likeness (QED) is 0.882. The van der Waals surface area contributed by atoms with Gasteiger partial charge >= 0.3 is 0 Å². The van der Waals surface area contributed by atoms with Gasteiger partial charge in [0.2, 0.25) is 0 Å². The van der Waals surface area contributed by atoms with Gasteiger partial charge in [0.05, 0.1) is 12.7 Å². The Labute approximate surface area is 110 Å². The number of methoxy groups -OCH3 is 1. The third-order valence-corrected chi connectivity index (χ3v) is 4.42. The van der Waals surface area contributed by atoms with Crippen LogP contribution in [0.1, 0.15) is 44.6 Å². The number of aryl methyl sites for hydroxylation is 1. The Kier molecular flexibility index (Phi) is 4.28. The minimum atomic E-state index is -0.446. The summed E-state index contributed by atoms with van der Waals surface area (Å²) in [5.74, 6) is 1.33. The summed E-state index contributed by atoms with van der Waals surface area (Å²) in [6.45, 7) is 2.19. The molecule has 2 rings (SSSR count). The van der Waals surface area contributed by atoms with Crippen LogP contribution in [-0.2, 0) is 6.42 Å². The van der Waals surface area contributed by atoms with Gasteiger partial charge in [0.15, 0.2) is 0 Å². The van der Waals surface area contributed by atoms with Crippen LogP contribution in [0, 0.1) is 5.92 Å². The second kappa shape index (κ2) is 5.75. The Bertz CT molecular complexity index is 371. The van der Waals surface area contributed by atoms with E-state index in [2.05, 4.69) is 19.1 Å². The van der Waals surface area contributed by atoms with Gasteiger partial charge in [-0.1, -0.05) is 31.9 Å². The molecule has 1 aliphatic carbocycles. The molecule has 2 nitrogen and oxygen atoms in total. The summed E-state index contributed by atoms with van der Waals surface area (Å²) in [6, 6.07) is 8.17. The average Bonchev–Trinajstić information content (AvgIpc) is 2.41. The summed E-state index contributed by atoms with van der Waals surface area (Å²) < 4.78 is 5.15. The van der Waals surface area contributed by atoms with E-state index in [4.69, 9.17) is 4.74 Å². The molecule has 0 aromatic heterocycles. The first-order valence-corrected chi connectivity index (χ1v) is 6.99. The van der Waals surface area contributed by atoms with Crippen molar-refractivity contribution in [3.05, 3.63) is 29.8 Å². The summed E-state index contributed by atoms with van der Waals surface area (Å²) in [6.07, 6.45) is 6.39. The van der Waals surface area contributed by atoms with Gasteiger partial charge in [0, 0.05) is 0 Å². The molecular formula is C16H24O2. The topological polar surface area (TPSA) is 29.5 Å². The van der Waals surface area contributed by atoms with Crippen molar-refractivity contribution in [2.45, 2.75) is 51.0 Å². The van der Waals surface area contributed by atoms with Crippen LogP contribution in [0.5, 0.6) is 5.75 Å². The lowest BCUT2D eigenvalue weighted by atomic mass is 9.73. The Morgan fingerprint density at radius 2 is 2.00 bits per heavy atom. The van der Waals surface area contributed by atoms with E-state index in [0.717, 1.165) is 25.0 Å². The van der Waals surface area contributed by atoms with Gasteiger partial charge in [0.1, 0.15) is 5.75 Å². The fraction of sp³-hybridized carbons (Fsp3) is 0.625. The van der Waals surface area contributed by atoms with Crippen molar-refractivity contribution in [3.63, 3.8) is 0 Å². The highest BCUT2D eigenvalue weighted by Crippen LogP contribution is 2.36. The zero-order valence-corrected chi connectivity index (χ0v) is 11.5. The van der Waals surface area contributed by atoms with Crippen LogP contribution in [0.4, 0.5) is 0 Å². The van der Waals surface area contributed by atoms with Gasteiger partial charge in [-0.15, -0.1) is 0 Å². The molecule has 2 heteroatoms. The molecule has 0 aliphatic heterocycles. The fourth-order valence-corrected chi connectivity index (χ4v) is 2.92. The second-order valence-corrected chi connectivity index (χ2v) is 5.60. The lowest BCUT2D eigenvalue weighted by Gasteiger charge is -2.38. The summed E-state index contributed by atoms with van der Waals surface area (Å²) in [4.78, 5) is 0. The number of ether oxygens (including phenoxy) is 1. The molecule has 0 bridgehead atoms. The largest absolute Gasteiger partial charge is 0.497 e. The summed E-state index contributed by atoms with van der Waals surface area (Å²) in [5, 5.41) is 10.7. The molecule has 0 radical (unpaired) electrons. The van der Waals surface area contributed by atoms with E-state index in [1.807, 2.05) is 12.1 Å². The predicted octanol–water partition coefficient (Wildman–Crippen LogP) is 3.57. The molecular weight excluding hydrogens is 224 g/mol. The molecule has 1 saturated carbocycles. The van der Waals surface area contributed by atoms with Crippen LogP contribution < -0.4 is 4.74 Å². The maximum Gasteiger partial charge on any atom is 0.118 e. The lowest BCUT2D eigenvalue weighted by Crippen LogP contribution is -2.39. The highest BCUT2D eigenvalue weighted by Gasteiger charge is 2.35. The number of aliphatic hydroxyl groups is 1. The van der Waals surface area contributed by atoms with Crippen LogP contribution in [0.25, 0.3) is 0 Å². The molecule has 0 heterocycles. The van der Waals surface area contributed by atoms with Gasteiger partial charge in [-0.05, 0) is 49.3 Å². The normalized spacial score (nSPS) is 28.1. The Morgan fingerprint density at radius 1 is 1.28 bits per heavy atom. The molecule has 0 spiro atoms. The summed E-state index contributed by atoms with van der Waals surface area (Å²) in [5.41, 5.74) is 0.833.